The van der Waals surface area contributed by atoms with Crippen molar-refractivity contribution >= 4 is 38.9 Å². The van der Waals surface area contributed by atoms with Crippen LogP contribution in [-0.4, -0.2) is 26.3 Å². The molecule has 0 aromatic heterocycles. The van der Waals surface area contributed by atoms with Gasteiger partial charge in [0.1, 0.15) is 0 Å². The fourth-order valence-electron chi connectivity index (χ4n) is 4.08. The van der Waals surface area contributed by atoms with Crippen LogP contribution in [0.25, 0.3) is 0 Å². The highest BCUT2D eigenvalue weighted by Crippen LogP contribution is 2.36. The summed E-state index contributed by atoms with van der Waals surface area (Å²) in [6.07, 6.45) is 5.10. The van der Waals surface area contributed by atoms with E-state index in [1.165, 1.54) is 4.31 Å². The van der Waals surface area contributed by atoms with Gasteiger partial charge >= 0.3 is 0 Å². The van der Waals surface area contributed by atoms with Crippen LogP contribution in [0.1, 0.15) is 62.4 Å². The first kappa shape index (κ1) is 25.2. The molecular formula is C25H32ClN3O3S. The predicted molar refractivity (Wildman–Crippen MR) is 135 cm³/mol. The number of halogens is 1. The van der Waals surface area contributed by atoms with E-state index in [2.05, 4.69) is 31.3 Å². The van der Waals surface area contributed by atoms with Crippen molar-refractivity contribution in [3.8, 4) is 0 Å². The minimum Gasteiger partial charge on any atom is -0.267 e. The Morgan fingerprint density at radius 3 is 2.24 bits per heavy atom. The molecular weight excluding hydrogens is 458 g/mol. The van der Waals surface area contributed by atoms with Crippen LogP contribution in [0.15, 0.2) is 53.6 Å². The average molecular weight is 490 g/mol. The van der Waals surface area contributed by atoms with Crippen molar-refractivity contribution in [2.75, 3.05) is 10.6 Å². The zero-order chi connectivity index (χ0) is 24.2. The second-order valence-electron chi connectivity index (χ2n) is 9.67. The molecule has 0 atom stereocenters. The van der Waals surface area contributed by atoms with Crippen LogP contribution >= 0.6 is 11.6 Å². The molecule has 1 N–H and O–H groups in total. The summed E-state index contributed by atoms with van der Waals surface area (Å²) in [5.41, 5.74) is 5.53. The number of benzene rings is 2. The van der Waals surface area contributed by atoms with Crippen LogP contribution < -0.4 is 9.73 Å². The molecule has 3 rings (SSSR count). The number of hydrazone groups is 1. The van der Waals surface area contributed by atoms with E-state index in [0.717, 1.165) is 37.7 Å². The van der Waals surface area contributed by atoms with Crippen molar-refractivity contribution in [1.29, 1.82) is 0 Å². The molecule has 0 bridgehead atoms. The number of carbonyl (C=O) groups excluding carboxylic acids is 1. The molecule has 1 aliphatic rings. The van der Waals surface area contributed by atoms with Crippen molar-refractivity contribution in [3.63, 3.8) is 0 Å². The van der Waals surface area contributed by atoms with Crippen LogP contribution in [0.4, 0.5) is 5.69 Å². The quantitative estimate of drug-likeness (QED) is 0.534. The Labute approximate surface area is 202 Å². The van der Waals surface area contributed by atoms with Gasteiger partial charge in [0.2, 0.25) is 10.0 Å². The maximum Gasteiger partial charge on any atom is 0.271 e. The van der Waals surface area contributed by atoms with Gasteiger partial charge in [-0.2, -0.15) is 5.10 Å². The number of anilines is 1. The van der Waals surface area contributed by atoms with Crippen molar-refractivity contribution in [2.45, 2.75) is 53.0 Å². The zero-order valence-electron chi connectivity index (χ0n) is 19.6. The highest BCUT2D eigenvalue weighted by atomic mass is 35.5. The third kappa shape index (κ3) is 6.81. The topological polar surface area (TPSA) is 78.8 Å². The number of hydrogen-bond donors (Lipinski definition) is 1. The Bertz CT molecular complexity index is 1110. The molecule has 1 amide bonds. The normalized spacial score (nSPS) is 16.9. The molecule has 33 heavy (non-hydrogen) atoms. The fourth-order valence-corrected chi connectivity index (χ4v) is 5.16. The lowest BCUT2D eigenvalue weighted by atomic mass is 9.72. The van der Waals surface area contributed by atoms with E-state index in [1.807, 2.05) is 6.07 Å². The number of nitrogens with one attached hydrogen (secondary N) is 1. The summed E-state index contributed by atoms with van der Waals surface area (Å²) >= 11 is 6.21. The van der Waals surface area contributed by atoms with E-state index in [-0.39, 0.29) is 12.5 Å². The number of sulfonamides is 1. The molecule has 1 fully saturated rings. The van der Waals surface area contributed by atoms with Gasteiger partial charge in [-0.05, 0) is 72.9 Å². The largest absolute Gasteiger partial charge is 0.271 e. The highest BCUT2D eigenvalue weighted by Gasteiger charge is 2.28. The molecule has 0 aliphatic heterocycles. The average Bonchev–Trinajstić information content (AvgIpc) is 2.76. The van der Waals surface area contributed by atoms with E-state index in [9.17, 15) is 13.2 Å². The number of amides is 1. The molecule has 178 valence electrons. The Morgan fingerprint density at radius 2 is 1.70 bits per heavy atom. The van der Waals surface area contributed by atoms with Gasteiger partial charge in [-0.3, -0.25) is 9.10 Å². The van der Waals surface area contributed by atoms with Crippen molar-refractivity contribution in [1.82, 2.24) is 5.43 Å². The SMILES string of the molecule is CC(C)(C)C1CCC(=NNC(=O)c2ccc(N(Cc3ccccc3Cl)S(C)(=O)=O)cc2)CC1. The van der Waals surface area contributed by atoms with E-state index in [0.29, 0.717) is 33.2 Å². The van der Waals surface area contributed by atoms with Crippen LogP contribution in [0.3, 0.4) is 0 Å². The van der Waals surface area contributed by atoms with Gasteiger partial charge in [0.15, 0.2) is 0 Å². The predicted octanol–water partition coefficient (Wildman–Crippen LogP) is 5.63. The van der Waals surface area contributed by atoms with Gasteiger partial charge in [0, 0.05) is 16.3 Å². The Kier molecular flexibility index (Phi) is 7.85. The number of carbonyl (C=O) groups is 1. The molecule has 0 radical (unpaired) electrons. The Morgan fingerprint density at radius 1 is 1.09 bits per heavy atom. The van der Waals surface area contributed by atoms with Gasteiger partial charge in [-0.1, -0.05) is 50.6 Å². The van der Waals surface area contributed by atoms with E-state index in [4.69, 9.17) is 11.6 Å². The summed E-state index contributed by atoms with van der Waals surface area (Å²) in [5.74, 6) is 0.354. The van der Waals surface area contributed by atoms with Crippen LogP contribution in [0.2, 0.25) is 5.02 Å². The van der Waals surface area contributed by atoms with Crippen LogP contribution in [0.5, 0.6) is 0 Å². The smallest absolute Gasteiger partial charge is 0.267 e. The molecule has 8 heteroatoms. The van der Waals surface area contributed by atoms with Gasteiger partial charge in [0.25, 0.3) is 5.91 Å². The van der Waals surface area contributed by atoms with Gasteiger partial charge in [0.05, 0.1) is 18.5 Å². The maximum absolute atomic E-state index is 12.6. The minimum absolute atomic E-state index is 0.104. The Balaban J connectivity index is 1.67. The van der Waals surface area contributed by atoms with Crippen molar-refractivity contribution in [3.05, 3.63) is 64.7 Å². The molecule has 2 aromatic carbocycles. The molecule has 6 nitrogen and oxygen atoms in total. The van der Waals surface area contributed by atoms with E-state index in [1.54, 1.807) is 42.5 Å². The standard InChI is InChI=1S/C25H32ClN3O3S/c1-25(2,3)20-11-13-21(14-12-20)27-28-24(30)18-9-15-22(16-10-18)29(33(4,31)32)17-19-7-5-6-8-23(19)26/h5-10,15-16,20H,11-14,17H2,1-4H3,(H,28,30). The molecule has 0 saturated heterocycles. The van der Waals surface area contributed by atoms with Crippen LogP contribution in [0, 0.1) is 11.3 Å². The van der Waals surface area contributed by atoms with Crippen molar-refractivity contribution in [2.24, 2.45) is 16.4 Å². The molecule has 1 aliphatic carbocycles. The minimum atomic E-state index is -3.55. The number of rotatable bonds is 6. The van der Waals surface area contributed by atoms with Gasteiger partial charge in [-0.25, -0.2) is 13.8 Å². The summed E-state index contributed by atoms with van der Waals surface area (Å²) in [6, 6.07) is 13.6. The molecule has 0 spiro atoms. The molecule has 1 saturated carbocycles. The fraction of sp³-hybridized carbons (Fsp3) is 0.440. The maximum atomic E-state index is 12.6. The first-order valence-electron chi connectivity index (χ1n) is 11.1. The monoisotopic (exact) mass is 489 g/mol. The summed E-state index contributed by atoms with van der Waals surface area (Å²) in [5, 5.41) is 4.83. The lowest BCUT2D eigenvalue weighted by Crippen LogP contribution is -2.29. The molecule has 0 heterocycles. The van der Waals surface area contributed by atoms with Crippen molar-refractivity contribution < 1.29 is 13.2 Å². The lowest BCUT2D eigenvalue weighted by Gasteiger charge is -2.34. The van der Waals surface area contributed by atoms with Gasteiger partial charge < -0.3 is 0 Å². The highest BCUT2D eigenvalue weighted by molar-refractivity contribution is 7.92. The zero-order valence-corrected chi connectivity index (χ0v) is 21.2. The third-order valence-electron chi connectivity index (χ3n) is 6.19. The van der Waals surface area contributed by atoms with E-state index >= 15 is 0 Å². The second kappa shape index (κ2) is 10.3. The summed E-state index contributed by atoms with van der Waals surface area (Å²) in [7, 11) is -3.55. The first-order chi connectivity index (χ1) is 15.4. The summed E-state index contributed by atoms with van der Waals surface area (Å²) in [6.45, 7) is 6.91. The summed E-state index contributed by atoms with van der Waals surface area (Å²) in [4.78, 5) is 12.6. The molecule has 2 aromatic rings. The Hall–Kier alpha value is -2.38. The second-order valence-corrected chi connectivity index (χ2v) is 12.0. The van der Waals surface area contributed by atoms with Gasteiger partial charge in [-0.15, -0.1) is 0 Å². The van der Waals surface area contributed by atoms with E-state index < -0.39 is 10.0 Å². The van der Waals surface area contributed by atoms with Crippen LogP contribution in [-0.2, 0) is 16.6 Å². The molecule has 0 unspecified atom stereocenters. The lowest BCUT2D eigenvalue weighted by molar-refractivity contribution is 0.0954. The number of hydrogen-bond acceptors (Lipinski definition) is 4. The first-order valence-corrected chi connectivity index (χ1v) is 13.3. The summed E-state index contributed by atoms with van der Waals surface area (Å²) < 4.78 is 26.1. The number of nitrogens with zero attached hydrogens (tertiary/aromatic N) is 2. The third-order valence-corrected chi connectivity index (χ3v) is 7.70.